The molecule has 0 aliphatic carbocycles. The Hall–Kier alpha value is 0.1000. The van der Waals surface area contributed by atoms with Gasteiger partial charge in [-0.3, -0.25) is 0 Å². The quantitative estimate of drug-likeness (QED) is 0.757. The van der Waals surface area contributed by atoms with Crippen LogP contribution < -0.4 is 0 Å². The second kappa shape index (κ2) is 5.75. The first-order chi connectivity index (χ1) is 6.27. The molecule has 0 saturated carbocycles. The zero-order valence-corrected chi connectivity index (χ0v) is 10.2. The van der Waals surface area contributed by atoms with E-state index in [-0.39, 0.29) is 6.29 Å². The van der Waals surface area contributed by atoms with Crippen molar-refractivity contribution in [1.82, 2.24) is 0 Å². The summed E-state index contributed by atoms with van der Waals surface area (Å²) in [6.45, 7) is 5.27. The van der Waals surface area contributed by atoms with Crippen LogP contribution >= 0.6 is 27.3 Å². The molecule has 0 radical (unpaired) electrons. The van der Waals surface area contributed by atoms with Crippen LogP contribution in [0.1, 0.15) is 25.0 Å². The average Bonchev–Trinajstić information content (AvgIpc) is 2.51. The molecule has 0 fully saturated rings. The lowest BCUT2D eigenvalue weighted by molar-refractivity contribution is -0.138. The standard InChI is InChI=1S/C9H13BrO2S/c1-3-11-9(12-4-2)8-5-7(10)6-13-8/h5-6,9H,3-4H2,1-2H3. The Labute approximate surface area is 91.0 Å². The lowest BCUT2D eigenvalue weighted by atomic mass is 10.4. The van der Waals surface area contributed by atoms with Crippen LogP contribution in [-0.2, 0) is 9.47 Å². The van der Waals surface area contributed by atoms with E-state index >= 15 is 0 Å². The van der Waals surface area contributed by atoms with E-state index in [0.717, 1.165) is 9.35 Å². The minimum atomic E-state index is -0.203. The van der Waals surface area contributed by atoms with Crippen LogP contribution in [0, 0.1) is 0 Å². The third-order valence-electron chi connectivity index (χ3n) is 1.46. The molecular formula is C9H13BrO2S. The number of halogens is 1. The van der Waals surface area contributed by atoms with Crippen LogP contribution in [0.2, 0.25) is 0 Å². The summed E-state index contributed by atoms with van der Waals surface area (Å²) >= 11 is 5.04. The minimum Gasteiger partial charge on any atom is -0.348 e. The molecule has 0 bridgehead atoms. The summed E-state index contributed by atoms with van der Waals surface area (Å²) in [5.41, 5.74) is 0. The van der Waals surface area contributed by atoms with E-state index in [2.05, 4.69) is 15.9 Å². The first-order valence-corrected chi connectivity index (χ1v) is 5.92. The predicted molar refractivity (Wildman–Crippen MR) is 58.0 cm³/mol. The van der Waals surface area contributed by atoms with Crippen LogP contribution in [0.15, 0.2) is 15.9 Å². The molecule has 0 aromatic carbocycles. The Kier molecular flexibility index (Phi) is 4.94. The monoisotopic (exact) mass is 264 g/mol. The number of thiophene rings is 1. The van der Waals surface area contributed by atoms with Gasteiger partial charge in [0.2, 0.25) is 0 Å². The van der Waals surface area contributed by atoms with Gasteiger partial charge >= 0.3 is 0 Å². The molecule has 1 rings (SSSR count). The van der Waals surface area contributed by atoms with Gasteiger partial charge < -0.3 is 9.47 Å². The second-order valence-electron chi connectivity index (χ2n) is 2.41. The molecule has 0 unspecified atom stereocenters. The number of ether oxygens (including phenoxy) is 2. The number of hydrogen-bond acceptors (Lipinski definition) is 3. The third-order valence-corrected chi connectivity index (χ3v) is 3.17. The first kappa shape index (κ1) is 11.2. The van der Waals surface area contributed by atoms with E-state index < -0.39 is 0 Å². The topological polar surface area (TPSA) is 18.5 Å². The van der Waals surface area contributed by atoms with Crippen molar-refractivity contribution in [2.24, 2.45) is 0 Å². The molecule has 4 heteroatoms. The molecule has 0 spiro atoms. The Balaban J connectivity index is 2.63. The van der Waals surface area contributed by atoms with Gasteiger partial charge in [-0.15, -0.1) is 11.3 Å². The Bertz CT molecular complexity index is 244. The van der Waals surface area contributed by atoms with Crippen molar-refractivity contribution in [1.29, 1.82) is 0 Å². The molecule has 1 heterocycles. The zero-order valence-electron chi connectivity index (χ0n) is 7.75. The molecule has 0 atom stereocenters. The summed E-state index contributed by atoms with van der Waals surface area (Å²) in [5, 5.41) is 2.03. The summed E-state index contributed by atoms with van der Waals surface area (Å²) in [5.74, 6) is 0. The maximum Gasteiger partial charge on any atom is 0.193 e. The normalized spacial score (nSPS) is 11.1. The fourth-order valence-corrected chi connectivity index (χ4v) is 2.40. The molecule has 2 nitrogen and oxygen atoms in total. The highest BCUT2D eigenvalue weighted by atomic mass is 79.9. The lowest BCUT2D eigenvalue weighted by Gasteiger charge is -2.14. The van der Waals surface area contributed by atoms with E-state index in [0.29, 0.717) is 13.2 Å². The van der Waals surface area contributed by atoms with Crippen molar-refractivity contribution in [3.05, 3.63) is 20.8 Å². The summed E-state index contributed by atoms with van der Waals surface area (Å²) in [7, 11) is 0. The summed E-state index contributed by atoms with van der Waals surface area (Å²) in [6, 6.07) is 2.03. The lowest BCUT2D eigenvalue weighted by Crippen LogP contribution is -2.06. The van der Waals surface area contributed by atoms with Crippen molar-refractivity contribution in [2.75, 3.05) is 13.2 Å². The van der Waals surface area contributed by atoms with E-state index in [1.807, 2.05) is 25.3 Å². The van der Waals surface area contributed by atoms with Crippen LogP contribution in [0.25, 0.3) is 0 Å². The smallest absolute Gasteiger partial charge is 0.193 e. The van der Waals surface area contributed by atoms with Crippen LogP contribution in [0.4, 0.5) is 0 Å². The maximum atomic E-state index is 5.45. The molecule has 0 amide bonds. The molecule has 0 N–H and O–H groups in total. The number of rotatable bonds is 5. The summed E-state index contributed by atoms with van der Waals surface area (Å²) < 4.78 is 12.0. The third kappa shape index (κ3) is 3.38. The molecule has 0 aliphatic heterocycles. The molecule has 1 aromatic heterocycles. The van der Waals surface area contributed by atoms with Gasteiger partial charge in [-0.1, -0.05) is 0 Å². The van der Waals surface area contributed by atoms with Gasteiger partial charge in [-0.2, -0.15) is 0 Å². The van der Waals surface area contributed by atoms with E-state index in [4.69, 9.17) is 9.47 Å². The fourth-order valence-electron chi connectivity index (χ4n) is 0.967. The van der Waals surface area contributed by atoms with Crippen molar-refractivity contribution < 1.29 is 9.47 Å². The van der Waals surface area contributed by atoms with Crippen molar-refractivity contribution in [2.45, 2.75) is 20.1 Å². The Morgan fingerprint density at radius 1 is 1.38 bits per heavy atom. The highest BCUT2D eigenvalue weighted by molar-refractivity contribution is 9.10. The summed E-state index contributed by atoms with van der Waals surface area (Å²) in [6.07, 6.45) is -0.203. The minimum absolute atomic E-state index is 0.203. The molecule has 13 heavy (non-hydrogen) atoms. The van der Waals surface area contributed by atoms with Crippen molar-refractivity contribution in [3.8, 4) is 0 Å². The summed E-state index contributed by atoms with van der Waals surface area (Å²) in [4.78, 5) is 1.11. The zero-order chi connectivity index (χ0) is 9.68. The molecule has 1 aromatic rings. The highest BCUT2D eigenvalue weighted by Gasteiger charge is 2.12. The average molecular weight is 265 g/mol. The van der Waals surface area contributed by atoms with Gasteiger partial charge in [0.15, 0.2) is 6.29 Å². The Morgan fingerprint density at radius 3 is 2.38 bits per heavy atom. The maximum absolute atomic E-state index is 5.45. The molecule has 0 saturated heterocycles. The van der Waals surface area contributed by atoms with Gasteiger partial charge in [0.25, 0.3) is 0 Å². The van der Waals surface area contributed by atoms with Crippen LogP contribution in [-0.4, -0.2) is 13.2 Å². The van der Waals surface area contributed by atoms with Crippen LogP contribution in [0.3, 0.4) is 0 Å². The highest BCUT2D eigenvalue weighted by Crippen LogP contribution is 2.28. The van der Waals surface area contributed by atoms with Crippen molar-refractivity contribution >= 4 is 27.3 Å². The van der Waals surface area contributed by atoms with E-state index in [9.17, 15) is 0 Å². The van der Waals surface area contributed by atoms with Gasteiger partial charge in [0.05, 0.1) is 4.88 Å². The molecule has 74 valence electrons. The first-order valence-electron chi connectivity index (χ1n) is 4.25. The van der Waals surface area contributed by atoms with E-state index in [1.165, 1.54) is 0 Å². The predicted octanol–water partition coefficient (Wildman–Crippen LogP) is 3.58. The second-order valence-corrected chi connectivity index (χ2v) is 4.27. The number of hydrogen-bond donors (Lipinski definition) is 0. The van der Waals surface area contributed by atoms with Gasteiger partial charge in [0.1, 0.15) is 0 Å². The van der Waals surface area contributed by atoms with Crippen LogP contribution in [0.5, 0.6) is 0 Å². The van der Waals surface area contributed by atoms with Gasteiger partial charge in [-0.05, 0) is 35.8 Å². The molecular weight excluding hydrogens is 252 g/mol. The van der Waals surface area contributed by atoms with Gasteiger partial charge in [0, 0.05) is 23.1 Å². The van der Waals surface area contributed by atoms with Gasteiger partial charge in [-0.25, -0.2) is 0 Å². The fraction of sp³-hybridized carbons (Fsp3) is 0.556. The largest absolute Gasteiger partial charge is 0.348 e. The molecule has 0 aliphatic rings. The Morgan fingerprint density at radius 2 is 2.00 bits per heavy atom. The van der Waals surface area contributed by atoms with Crippen molar-refractivity contribution in [3.63, 3.8) is 0 Å². The van der Waals surface area contributed by atoms with E-state index in [1.54, 1.807) is 11.3 Å². The SMILES string of the molecule is CCOC(OCC)c1cc(Br)cs1.